The van der Waals surface area contributed by atoms with Crippen LogP contribution < -0.4 is 0 Å². The molecule has 0 saturated carbocycles. The normalized spacial score (nSPS) is 17.0. The van der Waals surface area contributed by atoms with Gasteiger partial charge in [0, 0.05) is 24.3 Å². The lowest BCUT2D eigenvalue weighted by Gasteiger charge is -2.39. The molecule has 5 rings (SSSR count). The summed E-state index contributed by atoms with van der Waals surface area (Å²) in [5.74, 6) is -0.678. The number of likely N-dealkylation sites (tertiary alicyclic amines) is 1. The second kappa shape index (κ2) is 8.46. The number of fused-ring (bicyclic) bond motifs is 1. The Morgan fingerprint density at radius 2 is 1.70 bits per heavy atom. The van der Waals surface area contributed by atoms with Crippen LogP contribution in [0.1, 0.15) is 46.6 Å². The summed E-state index contributed by atoms with van der Waals surface area (Å²) in [5, 5.41) is 4.66. The molecule has 1 aromatic heterocycles. The quantitative estimate of drug-likeness (QED) is 0.570. The standard InChI is InChI=1S/C26H26FN3O3/c1-33-25(32)26(18-6-3-2-4-7-18)14-16-29(17-15-26)24(31)23-21-8-5-9-22(21)30(28-23)20-12-10-19(27)11-13-20/h2-4,6-7,10-13H,5,8-9,14-17H2,1H3. The number of hydrogen-bond donors (Lipinski definition) is 0. The minimum Gasteiger partial charge on any atom is -0.468 e. The van der Waals surface area contributed by atoms with E-state index in [1.807, 2.05) is 30.3 Å². The van der Waals surface area contributed by atoms with Gasteiger partial charge in [0.15, 0.2) is 5.69 Å². The van der Waals surface area contributed by atoms with Crippen LogP contribution in [0.4, 0.5) is 4.39 Å². The summed E-state index contributed by atoms with van der Waals surface area (Å²) in [6.45, 7) is 0.891. The molecule has 0 spiro atoms. The van der Waals surface area contributed by atoms with Crippen LogP contribution in [0.3, 0.4) is 0 Å². The molecule has 1 amide bonds. The lowest BCUT2D eigenvalue weighted by molar-refractivity contribution is -0.149. The van der Waals surface area contributed by atoms with Crippen molar-refractivity contribution >= 4 is 11.9 Å². The van der Waals surface area contributed by atoms with Crippen molar-refractivity contribution in [1.29, 1.82) is 0 Å². The van der Waals surface area contributed by atoms with Crippen molar-refractivity contribution in [3.05, 3.63) is 82.9 Å². The van der Waals surface area contributed by atoms with E-state index in [9.17, 15) is 14.0 Å². The molecule has 2 aromatic carbocycles. The van der Waals surface area contributed by atoms with Crippen LogP contribution in [-0.2, 0) is 27.8 Å². The van der Waals surface area contributed by atoms with Crippen LogP contribution in [0.2, 0.25) is 0 Å². The third-order valence-electron chi connectivity index (χ3n) is 7.01. The molecule has 2 heterocycles. The molecule has 1 aliphatic heterocycles. The minimum atomic E-state index is -0.748. The van der Waals surface area contributed by atoms with E-state index >= 15 is 0 Å². The molecule has 0 radical (unpaired) electrons. The number of carbonyl (C=O) groups excluding carboxylic acids is 2. The van der Waals surface area contributed by atoms with Gasteiger partial charge in [-0.2, -0.15) is 5.10 Å². The first-order valence-electron chi connectivity index (χ1n) is 11.3. The minimum absolute atomic E-state index is 0.111. The van der Waals surface area contributed by atoms with Gasteiger partial charge in [-0.25, -0.2) is 9.07 Å². The maximum Gasteiger partial charge on any atom is 0.316 e. The van der Waals surface area contributed by atoms with Crippen molar-refractivity contribution in [2.45, 2.75) is 37.5 Å². The number of hydrogen-bond acceptors (Lipinski definition) is 4. The number of carbonyl (C=O) groups is 2. The van der Waals surface area contributed by atoms with E-state index < -0.39 is 5.41 Å². The monoisotopic (exact) mass is 447 g/mol. The summed E-state index contributed by atoms with van der Waals surface area (Å²) in [5.41, 5.74) is 3.40. The second-order valence-corrected chi connectivity index (χ2v) is 8.75. The second-order valence-electron chi connectivity index (χ2n) is 8.75. The lowest BCUT2D eigenvalue weighted by atomic mass is 9.72. The fourth-order valence-corrected chi connectivity index (χ4v) is 5.21. The van der Waals surface area contributed by atoms with Crippen molar-refractivity contribution in [3.63, 3.8) is 0 Å². The maximum absolute atomic E-state index is 13.5. The molecular formula is C26H26FN3O3. The molecule has 0 bridgehead atoms. The highest BCUT2D eigenvalue weighted by Crippen LogP contribution is 2.38. The Morgan fingerprint density at radius 3 is 2.36 bits per heavy atom. The SMILES string of the molecule is COC(=O)C1(c2ccccc2)CCN(C(=O)c2nn(-c3ccc(F)cc3)c3c2CCC3)CC1. The number of benzene rings is 2. The summed E-state index contributed by atoms with van der Waals surface area (Å²) in [6, 6.07) is 15.8. The van der Waals surface area contributed by atoms with Crippen molar-refractivity contribution in [1.82, 2.24) is 14.7 Å². The number of methoxy groups -OCH3 is 1. The van der Waals surface area contributed by atoms with Crippen LogP contribution in [0, 0.1) is 5.82 Å². The summed E-state index contributed by atoms with van der Waals surface area (Å²) in [7, 11) is 1.41. The van der Waals surface area contributed by atoms with Gasteiger partial charge in [-0.3, -0.25) is 9.59 Å². The number of esters is 1. The molecule has 0 atom stereocenters. The number of ether oxygens (including phenoxy) is 1. The summed E-state index contributed by atoms with van der Waals surface area (Å²) < 4.78 is 20.3. The van der Waals surface area contributed by atoms with Gasteiger partial charge in [0.05, 0.1) is 18.2 Å². The smallest absolute Gasteiger partial charge is 0.316 e. The molecule has 170 valence electrons. The average Bonchev–Trinajstić information content (AvgIpc) is 3.47. The van der Waals surface area contributed by atoms with Gasteiger partial charge in [0.1, 0.15) is 5.82 Å². The van der Waals surface area contributed by atoms with Crippen LogP contribution in [-0.4, -0.2) is 46.8 Å². The fraction of sp³-hybridized carbons (Fsp3) is 0.346. The molecular weight excluding hydrogens is 421 g/mol. The zero-order valence-electron chi connectivity index (χ0n) is 18.6. The number of halogens is 1. The first-order chi connectivity index (χ1) is 16.0. The highest BCUT2D eigenvalue weighted by molar-refractivity contribution is 5.95. The first kappa shape index (κ1) is 21.4. The number of piperidine rings is 1. The predicted octanol–water partition coefficient (Wildman–Crippen LogP) is 3.85. The number of amides is 1. The van der Waals surface area contributed by atoms with Crippen LogP contribution in [0.25, 0.3) is 5.69 Å². The molecule has 33 heavy (non-hydrogen) atoms. The molecule has 0 N–H and O–H groups in total. The van der Waals surface area contributed by atoms with E-state index in [4.69, 9.17) is 4.74 Å². The fourth-order valence-electron chi connectivity index (χ4n) is 5.21. The Labute approximate surface area is 192 Å². The number of aromatic nitrogens is 2. The van der Waals surface area contributed by atoms with Crippen molar-refractivity contribution in [2.24, 2.45) is 0 Å². The van der Waals surface area contributed by atoms with Gasteiger partial charge < -0.3 is 9.64 Å². The Hall–Kier alpha value is -3.48. The van der Waals surface area contributed by atoms with Crippen LogP contribution in [0.5, 0.6) is 0 Å². The third kappa shape index (κ3) is 3.61. The molecule has 6 nitrogen and oxygen atoms in total. The molecule has 7 heteroatoms. The Morgan fingerprint density at radius 1 is 1.00 bits per heavy atom. The Bertz CT molecular complexity index is 1180. The molecule has 3 aromatic rings. The van der Waals surface area contributed by atoms with Gasteiger partial charge in [0.25, 0.3) is 5.91 Å². The first-order valence-corrected chi connectivity index (χ1v) is 11.3. The third-order valence-corrected chi connectivity index (χ3v) is 7.01. The van der Waals surface area contributed by atoms with E-state index in [1.54, 1.807) is 21.7 Å². The number of rotatable bonds is 4. The zero-order chi connectivity index (χ0) is 23.0. The lowest BCUT2D eigenvalue weighted by Crippen LogP contribution is -2.49. The Kier molecular flexibility index (Phi) is 5.48. The maximum atomic E-state index is 13.5. The van der Waals surface area contributed by atoms with Gasteiger partial charge in [-0.1, -0.05) is 30.3 Å². The zero-order valence-corrected chi connectivity index (χ0v) is 18.6. The highest BCUT2D eigenvalue weighted by atomic mass is 19.1. The van der Waals surface area contributed by atoms with E-state index in [-0.39, 0.29) is 17.7 Å². The van der Waals surface area contributed by atoms with Gasteiger partial charge in [0.2, 0.25) is 0 Å². The predicted molar refractivity (Wildman–Crippen MR) is 121 cm³/mol. The largest absolute Gasteiger partial charge is 0.468 e. The molecule has 2 aliphatic rings. The highest BCUT2D eigenvalue weighted by Gasteiger charge is 2.45. The molecule has 1 saturated heterocycles. The van der Waals surface area contributed by atoms with E-state index in [0.717, 1.165) is 41.8 Å². The summed E-state index contributed by atoms with van der Waals surface area (Å²) in [6.07, 6.45) is 3.61. The Balaban J connectivity index is 1.41. The topological polar surface area (TPSA) is 64.4 Å². The summed E-state index contributed by atoms with van der Waals surface area (Å²) >= 11 is 0. The summed E-state index contributed by atoms with van der Waals surface area (Å²) in [4.78, 5) is 28.1. The molecule has 0 unspecified atom stereocenters. The average molecular weight is 448 g/mol. The van der Waals surface area contributed by atoms with E-state index in [0.29, 0.717) is 31.6 Å². The van der Waals surface area contributed by atoms with Crippen molar-refractivity contribution in [3.8, 4) is 5.69 Å². The van der Waals surface area contributed by atoms with Gasteiger partial charge in [-0.15, -0.1) is 0 Å². The number of nitrogens with zero attached hydrogens (tertiary/aromatic N) is 3. The van der Waals surface area contributed by atoms with Gasteiger partial charge >= 0.3 is 5.97 Å². The van der Waals surface area contributed by atoms with Crippen molar-refractivity contribution < 1.29 is 18.7 Å². The van der Waals surface area contributed by atoms with Crippen LogP contribution in [0.15, 0.2) is 54.6 Å². The van der Waals surface area contributed by atoms with Gasteiger partial charge in [-0.05, 0) is 61.9 Å². The molecule has 1 fully saturated rings. The molecule has 1 aliphatic carbocycles. The van der Waals surface area contributed by atoms with Crippen molar-refractivity contribution in [2.75, 3.05) is 20.2 Å². The van der Waals surface area contributed by atoms with Crippen LogP contribution >= 0.6 is 0 Å². The van der Waals surface area contributed by atoms with E-state index in [1.165, 1.54) is 19.2 Å². The van der Waals surface area contributed by atoms with E-state index in [2.05, 4.69) is 5.10 Å².